The molecule has 0 unspecified atom stereocenters. The second-order valence-electron chi connectivity index (χ2n) is 4.99. The molecule has 0 saturated heterocycles. The zero-order valence-corrected chi connectivity index (χ0v) is 13.2. The highest BCUT2D eigenvalue weighted by Gasteiger charge is 2.14. The topological polar surface area (TPSA) is 126 Å². The summed E-state index contributed by atoms with van der Waals surface area (Å²) in [4.78, 5) is 21.2. The van der Waals surface area contributed by atoms with Crippen LogP contribution in [0.3, 0.4) is 0 Å². The van der Waals surface area contributed by atoms with Crippen LogP contribution in [0.25, 0.3) is 0 Å². The molecule has 0 fully saturated rings. The van der Waals surface area contributed by atoms with Crippen LogP contribution in [0, 0.1) is 0 Å². The van der Waals surface area contributed by atoms with Crippen LogP contribution in [0.5, 0.6) is 0 Å². The summed E-state index contributed by atoms with van der Waals surface area (Å²) in [5.74, 6) is -2.59. The number of aliphatic carboxylic acids is 1. The number of carbonyl (C=O) groups is 2. The molecule has 0 aromatic heterocycles. The van der Waals surface area contributed by atoms with Crippen LogP contribution >= 0.6 is 0 Å². The molecule has 0 bridgehead atoms. The van der Waals surface area contributed by atoms with Crippen molar-refractivity contribution in [3.05, 3.63) is 59.7 Å². The first-order chi connectivity index (χ1) is 11.3. The smallest absolute Gasteiger partial charge is 0.261 e. The Labute approximate surface area is 138 Å². The van der Waals surface area contributed by atoms with Gasteiger partial charge in [0.2, 0.25) is 0 Å². The summed E-state index contributed by atoms with van der Waals surface area (Å²) in [6.45, 7) is 0. The maximum absolute atomic E-state index is 12.3. The third-order valence-electron chi connectivity index (χ3n) is 3.20. The van der Waals surface area contributed by atoms with Crippen LogP contribution in [0.15, 0.2) is 53.4 Å². The summed E-state index contributed by atoms with van der Waals surface area (Å²) >= 11 is 0. The molecule has 0 heterocycles. The Morgan fingerprint density at radius 2 is 1.67 bits per heavy atom. The van der Waals surface area contributed by atoms with Gasteiger partial charge in [0, 0.05) is 11.7 Å². The van der Waals surface area contributed by atoms with Gasteiger partial charge in [0.1, 0.15) is 0 Å². The number of rotatable bonds is 7. The molecule has 2 aromatic rings. The van der Waals surface area contributed by atoms with E-state index in [4.69, 9.17) is 0 Å². The summed E-state index contributed by atoms with van der Waals surface area (Å²) in [5.41, 5.74) is 0.614. The third kappa shape index (κ3) is 4.56. The maximum Gasteiger partial charge on any atom is 0.261 e. The molecule has 0 amide bonds. The average Bonchev–Trinajstić information content (AvgIpc) is 2.53. The lowest BCUT2D eigenvalue weighted by molar-refractivity contribution is -0.305. The van der Waals surface area contributed by atoms with Crippen molar-refractivity contribution >= 4 is 27.6 Å². The second kappa shape index (κ2) is 7.14. The molecule has 0 spiro atoms. The standard InChI is InChI=1S/C16H15NO6S/c18-15(19)9-6-11-4-7-14(8-5-11)24(22,23)17-13-3-1-2-12(10-13)16(20)21/h1-5,7-8,10,17H,6,9H2,(H,18,19)(H,20,21)/p-2. The number of sulfonamides is 1. The van der Waals surface area contributed by atoms with Crippen molar-refractivity contribution in [3.63, 3.8) is 0 Å². The molecular formula is C16H13NO6S-2. The Balaban J connectivity index is 2.16. The van der Waals surface area contributed by atoms with E-state index in [0.29, 0.717) is 5.56 Å². The zero-order chi connectivity index (χ0) is 17.7. The fraction of sp³-hybridized carbons (Fsp3) is 0.125. The monoisotopic (exact) mass is 347 g/mol. The number of benzene rings is 2. The molecule has 0 aliphatic carbocycles. The Morgan fingerprint density at radius 1 is 1.00 bits per heavy atom. The van der Waals surface area contributed by atoms with Crippen molar-refractivity contribution in [2.24, 2.45) is 0 Å². The molecular weight excluding hydrogens is 334 g/mol. The number of carbonyl (C=O) groups excluding carboxylic acids is 2. The normalized spacial score (nSPS) is 11.0. The first-order valence-corrected chi connectivity index (χ1v) is 8.39. The summed E-state index contributed by atoms with van der Waals surface area (Å²) in [7, 11) is -3.90. The van der Waals surface area contributed by atoms with Crippen LogP contribution in [0.2, 0.25) is 0 Å². The first kappa shape index (κ1) is 17.5. The van der Waals surface area contributed by atoms with E-state index in [-0.39, 0.29) is 29.0 Å². The quantitative estimate of drug-likeness (QED) is 0.722. The molecule has 2 aromatic carbocycles. The average molecular weight is 347 g/mol. The summed E-state index contributed by atoms with van der Waals surface area (Å²) in [5, 5.41) is 21.2. The lowest BCUT2D eigenvalue weighted by atomic mass is 10.1. The van der Waals surface area contributed by atoms with Crippen molar-refractivity contribution in [3.8, 4) is 0 Å². The Morgan fingerprint density at radius 3 is 2.25 bits per heavy atom. The van der Waals surface area contributed by atoms with Gasteiger partial charge in [0.05, 0.1) is 10.9 Å². The van der Waals surface area contributed by atoms with E-state index in [1.165, 1.54) is 42.5 Å². The minimum atomic E-state index is -3.90. The van der Waals surface area contributed by atoms with Gasteiger partial charge in [-0.05, 0) is 48.2 Å². The van der Waals surface area contributed by atoms with Crippen molar-refractivity contribution < 1.29 is 28.2 Å². The van der Waals surface area contributed by atoms with Crippen LogP contribution < -0.4 is 14.9 Å². The van der Waals surface area contributed by atoms with Crippen molar-refractivity contribution in [2.75, 3.05) is 4.72 Å². The molecule has 2 rings (SSSR count). The predicted molar refractivity (Wildman–Crippen MR) is 81.4 cm³/mol. The van der Waals surface area contributed by atoms with Gasteiger partial charge in [0.15, 0.2) is 0 Å². The van der Waals surface area contributed by atoms with Crippen LogP contribution in [-0.2, 0) is 21.2 Å². The number of carboxylic acids is 2. The second-order valence-corrected chi connectivity index (χ2v) is 6.67. The highest BCUT2D eigenvalue weighted by atomic mass is 32.2. The van der Waals surface area contributed by atoms with Gasteiger partial charge in [0.25, 0.3) is 10.0 Å². The highest BCUT2D eigenvalue weighted by molar-refractivity contribution is 7.92. The Kier molecular flexibility index (Phi) is 5.20. The van der Waals surface area contributed by atoms with E-state index >= 15 is 0 Å². The molecule has 0 radical (unpaired) electrons. The minimum Gasteiger partial charge on any atom is -0.550 e. The molecule has 1 N–H and O–H groups in total. The largest absolute Gasteiger partial charge is 0.550 e. The molecule has 126 valence electrons. The fourth-order valence-electron chi connectivity index (χ4n) is 2.01. The van der Waals surface area contributed by atoms with Gasteiger partial charge in [-0.3, -0.25) is 4.72 Å². The fourth-order valence-corrected chi connectivity index (χ4v) is 3.05. The van der Waals surface area contributed by atoms with Gasteiger partial charge in [-0.1, -0.05) is 24.3 Å². The number of carboxylic acid groups (broad SMARTS) is 2. The molecule has 0 aliphatic rings. The van der Waals surface area contributed by atoms with Crippen molar-refractivity contribution in [1.82, 2.24) is 0 Å². The molecule has 0 aliphatic heterocycles. The van der Waals surface area contributed by atoms with Crippen molar-refractivity contribution in [2.45, 2.75) is 17.7 Å². The molecule has 7 nitrogen and oxygen atoms in total. The van der Waals surface area contributed by atoms with E-state index in [1.54, 1.807) is 0 Å². The lowest BCUT2D eigenvalue weighted by Crippen LogP contribution is -2.22. The van der Waals surface area contributed by atoms with E-state index in [1.807, 2.05) is 0 Å². The summed E-state index contributed by atoms with van der Waals surface area (Å²) < 4.78 is 26.8. The number of anilines is 1. The summed E-state index contributed by atoms with van der Waals surface area (Å²) in [6, 6.07) is 11.0. The van der Waals surface area contributed by atoms with Gasteiger partial charge < -0.3 is 19.8 Å². The van der Waals surface area contributed by atoms with Crippen LogP contribution in [0.1, 0.15) is 22.3 Å². The Bertz CT molecular complexity index is 858. The van der Waals surface area contributed by atoms with Crippen molar-refractivity contribution in [1.29, 1.82) is 0 Å². The van der Waals surface area contributed by atoms with E-state index < -0.39 is 22.0 Å². The van der Waals surface area contributed by atoms with Gasteiger partial charge in [-0.15, -0.1) is 0 Å². The Hall–Kier alpha value is -2.87. The SMILES string of the molecule is O=C([O-])CCc1ccc(S(=O)(=O)Nc2cccc(C(=O)[O-])c2)cc1. The van der Waals surface area contributed by atoms with Gasteiger partial charge in [-0.25, -0.2) is 8.42 Å². The minimum absolute atomic E-state index is 0.0291. The maximum atomic E-state index is 12.3. The molecule has 8 heteroatoms. The lowest BCUT2D eigenvalue weighted by Gasteiger charge is -2.10. The number of hydrogen-bond acceptors (Lipinski definition) is 6. The van der Waals surface area contributed by atoms with E-state index in [2.05, 4.69) is 4.72 Å². The van der Waals surface area contributed by atoms with Crippen LogP contribution in [0.4, 0.5) is 5.69 Å². The third-order valence-corrected chi connectivity index (χ3v) is 4.60. The number of aryl methyl sites for hydroxylation is 1. The highest BCUT2D eigenvalue weighted by Crippen LogP contribution is 2.18. The summed E-state index contributed by atoms with van der Waals surface area (Å²) in [6.07, 6.45) is 0.0874. The van der Waals surface area contributed by atoms with E-state index in [9.17, 15) is 28.2 Å². The van der Waals surface area contributed by atoms with Gasteiger partial charge >= 0.3 is 0 Å². The molecule has 0 atom stereocenters. The number of hydrogen-bond donors (Lipinski definition) is 1. The van der Waals surface area contributed by atoms with Gasteiger partial charge in [-0.2, -0.15) is 0 Å². The number of aromatic carboxylic acids is 1. The molecule has 24 heavy (non-hydrogen) atoms. The van der Waals surface area contributed by atoms with E-state index in [0.717, 1.165) is 6.07 Å². The first-order valence-electron chi connectivity index (χ1n) is 6.91. The van der Waals surface area contributed by atoms with Crippen LogP contribution in [-0.4, -0.2) is 20.4 Å². The zero-order valence-electron chi connectivity index (χ0n) is 12.4. The molecule has 0 saturated carbocycles. The number of nitrogens with one attached hydrogen (secondary N) is 1. The predicted octanol–water partition coefficient (Wildman–Crippen LogP) is -0.467.